The first kappa shape index (κ1) is 17.5. The Morgan fingerprint density at radius 3 is 2.69 bits per heavy atom. The average Bonchev–Trinajstić information content (AvgIpc) is 3.33. The normalized spacial score (nSPS) is 16.5. The Hall–Kier alpha value is -1.93. The fourth-order valence-corrected chi connectivity index (χ4v) is 5.04. The molecule has 0 radical (unpaired) electrons. The van der Waals surface area contributed by atoms with Crippen molar-refractivity contribution in [2.45, 2.75) is 54.7 Å². The first-order valence-corrected chi connectivity index (χ1v) is 10.6. The Labute approximate surface area is 160 Å². The van der Waals surface area contributed by atoms with Crippen molar-refractivity contribution in [2.75, 3.05) is 5.32 Å². The molecule has 0 amide bonds. The number of aromatic nitrogens is 4. The summed E-state index contributed by atoms with van der Waals surface area (Å²) in [6.45, 7) is 2.04. The summed E-state index contributed by atoms with van der Waals surface area (Å²) in [6, 6.07) is 10.3. The predicted molar refractivity (Wildman–Crippen MR) is 104 cm³/mol. The summed E-state index contributed by atoms with van der Waals surface area (Å²) in [4.78, 5) is 0. The van der Waals surface area contributed by atoms with E-state index in [0.717, 1.165) is 15.0 Å². The number of rotatable bonds is 6. The lowest BCUT2D eigenvalue weighted by Gasteiger charge is -2.21. The lowest BCUT2D eigenvalue weighted by atomic mass is 9.96. The molecule has 3 aromatic rings. The molecular weight excluding hydrogens is 366 g/mol. The average molecular weight is 388 g/mol. The van der Waals surface area contributed by atoms with Crippen LogP contribution in [0.2, 0.25) is 0 Å². The molecule has 1 atom stereocenters. The van der Waals surface area contributed by atoms with Gasteiger partial charge in [0.2, 0.25) is 16.9 Å². The van der Waals surface area contributed by atoms with Gasteiger partial charge in [0.15, 0.2) is 4.34 Å². The van der Waals surface area contributed by atoms with Gasteiger partial charge in [-0.05, 0) is 31.9 Å². The molecule has 136 valence electrons. The summed E-state index contributed by atoms with van der Waals surface area (Å²) in [5.74, 6) is 1.15. The maximum absolute atomic E-state index is 5.83. The minimum atomic E-state index is 0.0236. The topological polar surface area (TPSA) is 76.7 Å². The molecule has 1 aromatic carbocycles. The molecule has 1 aliphatic rings. The van der Waals surface area contributed by atoms with E-state index in [1.165, 1.54) is 32.1 Å². The standard InChI is InChI=1S/C18H21N5OS2/c1-12(15-20-21-16(24-15)13-8-4-2-5-9-13)25-18-23-22-17(26-18)19-14-10-6-3-7-11-14/h2,4-5,8-9,12,14H,3,6-7,10-11H2,1H3,(H,19,22). The smallest absolute Gasteiger partial charge is 0.247 e. The summed E-state index contributed by atoms with van der Waals surface area (Å²) in [5.41, 5.74) is 0.929. The molecule has 0 aliphatic heterocycles. The zero-order valence-electron chi connectivity index (χ0n) is 14.6. The van der Waals surface area contributed by atoms with Crippen molar-refractivity contribution >= 4 is 28.2 Å². The largest absolute Gasteiger partial charge is 0.419 e. The second kappa shape index (κ2) is 8.18. The number of benzene rings is 1. The first-order valence-electron chi connectivity index (χ1n) is 8.93. The third kappa shape index (κ3) is 4.24. The van der Waals surface area contributed by atoms with E-state index in [2.05, 4.69) is 25.7 Å². The zero-order chi connectivity index (χ0) is 17.8. The van der Waals surface area contributed by atoms with E-state index in [-0.39, 0.29) is 5.25 Å². The Morgan fingerprint density at radius 1 is 1.08 bits per heavy atom. The molecule has 0 bridgehead atoms. The number of thioether (sulfide) groups is 1. The lowest BCUT2D eigenvalue weighted by molar-refractivity contribution is 0.462. The van der Waals surface area contributed by atoms with Crippen molar-refractivity contribution in [3.8, 4) is 11.5 Å². The fraction of sp³-hybridized carbons (Fsp3) is 0.444. The molecule has 1 aliphatic carbocycles. The van der Waals surface area contributed by atoms with Crippen molar-refractivity contribution < 1.29 is 4.42 Å². The van der Waals surface area contributed by atoms with Gasteiger partial charge in [0, 0.05) is 11.6 Å². The van der Waals surface area contributed by atoms with Gasteiger partial charge in [0.25, 0.3) is 0 Å². The molecule has 1 N–H and O–H groups in total. The van der Waals surface area contributed by atoms with Crippen LogP contribution >= 0.6 is 23.1 Å². The molecule has 2 heterocycles. The van der Waals surface area contributed by atoms with Crippen LogP contribution in [0.1, 0.15) is 50.2 Å². The Bertz CT molecular complexity index is 829. The van der Waals surface area contributed by atoms with Crippen LogP contribution < -0.4 is 5.32 Å². The predicted octanol–water partition coefficient (Wildman–Crippen LogP) is 5.19. The van der Waals surface area contributed by atoms with Crippen LogP contribution in [0, 0.1) is 0 Å². The second-order valence-corrected chi connectivity index (χ2v) is 8.99. The minimum Gasteiger partial charge on any atom is -0.419 e. The van der Waals surface area contributed by atoms with Crippen molar-refractivity contribution in [1.82, 2.24) is 20.4 Å². The highest BCUT2D eigenvalue weighted by Gasteiger charge is 2.20. The molecule has 2 aromatic heterocycles. The molecule has 8 heteroatoms. The van der Waals surface area contributed by atoms with E-state index in [9.17, 15) is 0 Å². The molecule has 4 rings (SSSR count). The Morgan fingerprint density at radius 2 is 1.88 bits per heavy atom. The number of nitrogens with one attached hydrogen (secondary N) is 1. The van der Waals surface area contributed by atoms with Gasteiger partial charge in [-0.25, -0.2) is 0 Å². The maximum atomic E-state index is 5.83. The van der Waals surface area contributed by atoms with E-state index >= 15 is 0 Å². The molecule has 0 spiro atoms. The van der Waals surface area contributed by atoms with Crippen molar-refractivity contribution in [2.24, 2.45) is 0 Å². The van der Waals surface area contributed by atoms with E-state index < -0.39 is 0 Å². The highest BCUT2D eigenvalue weighted by Crippen LogP contribution is 2.38. The molecule has 1 unspecified atom stereocenters. The van der Waals surface area contributed by atoms with Crippen LogP contribution in [-0.4, -0.2) is 26.4 Å². The monoisotopic (exact) mass is 387 g/mol. The maximum Gasteiger partial charge on any atom is 0.247 e. The Kier molecular flexibility index (Phi) is 5.50. The number of nitrogens with zero attached hydrogens (tertiary/aromatic N) is 4. The first-order chi connectivity index (χ1) is 12.8. The number of hydrogen-bond acceptors (Lipinski definition) is 8. The third-order valence-electron chi connectivity index (χ3n) is 4.43. The van der Waals surface area contributed by atoms with Crippen LogP contribution in [0.25, 0.3) is 11.5 Å². The van der Waals surface area contributed by atoms with Crippen LogP contribution in [0.3, 0.4) is 0 Å². The van der Waals surface area contributed by atoms with Crippen LogP contribution in [0.5, 0.6) is 0 Å². The van der Waals surface area contributed by atoms with Gasteiger partial charge in [-0.2, -0.15) is 0 Å². The second-order valence-electron chi connectivity index (χ2n) is 6.42. The lowest BCUT2D eigenvalue weighted by Crippen LogP contribution is -2.21. The highest BCUT2D eigenvalue weighted by molar-refractivity contribution is 8.01. The molecule has 1 fully saturated rings. The van der Waals surface area contributed by atoms with Crippen LogP contribution in [-0.2, 0) is 0 Å². The van der Waals surface area contributed by atoms with Crippen molar-refractivity contribution in [3.63, 3.8) is 0 Å². The van der Waals surface area contributed by atoms with Gasteiger partial charge in [0.1, 0.15) is 0 Å². The number of anilines is 1. The summed E-state index contributed by atoms with van der Waals surface area (Å²) in [7, 11) is 0. The number of hydrogen-bond donors (Lipinski definition) is 1. The molecule has 1 saturated carbocycles. The molecule has 0 saturated heterocycles. The van der Waals surface area contributed by atoms with E-state index in [4.69, 9.17) is 4.42 Å². The van der Waals surface area contributed by atoms with Crippen molar-refractivity contribution in [1.29, 1.82) is 0 Å². The van der Waals surface area contributed by atoms with Gasteiger partial charge in [-0.15, -0.1) is 20.4 Å². The molecule has 26 heavy (non-hydrogen) atoms. The summed E-state index contributed by atoms with van der Waals surface area (Å²) in [5, 5.41) is 21.4. The van der Waals surface area contributed by atoms with Crippen LogP contribution in [0.4, 0.5) is 5.13 Å². The van der Waals surface area contributed by atoms with E-state index in [1.807, 2.05) is 37.3 Å². The van der Waals surface area contributed by atoms with Crippen molar-refractivity contribution in [3.05, 3.63) is 36.2 Å². The third-order valence-corrected chi connectivity index (χ3v) is 6.45. The van der Waals surface area contributed by atoms with Gasteiger partial charge in [-0.1, -0.05) is 60.6 Å². The minimum absolute atomic E-state index is 0.0236. The van der Waals surface area contributed by atoms with Gasteiger partial charge in [0.05, 0.1) is 5.25 Å². The highest BCUT2D eigenvalue weighted by atomic mass is 32.2. The van der Waals surface area contributed by atoms with E-state index in [1.54, 1.807) is 23.1 Å². The summed E-state index contributed by atoms with van der Waals surface area (Å²) < 4.78 is 6.74. The quantitative estimate of drug-likeness (QED) is 0.583. The summed E-state index contributed by atoms with van der Waals surface area (Å²) in [6.07, 6.45) is 6.40. The van der Waals surface area contributed by atoms with Crippen LogP contribution in [0.15, 0.2) is 39.1 Å². The summed E-state index contributed by atoms with van der Waals surface area (Å²) >= 11 is 3.19. The zero-order valence-corrected chi connectivity index (χ0v) is 16.2. The van der Waals surface area contributed by atoms with E-state index in [0.29, 0.717) is 17.8 Å². The molecule has 6 nitrogen and oxygen atoms in total. The Balaban J connectivity index is 1.37. The van der Waals surface area contributed by atoms with Gasteiger partial charge >= 0.3 is 0 Å². The van der Waals surface area contributed by atoms with Gasteiger partial charge < -0.3 is 9.73 Å². The van der Waals surface area contributed by atoms with Gasteiger partial charge in [-0.3, -0.25) is 0 Å². The SMILES string of the molecule is CC(Sc1nnc(NC2CCCCC2)s1)c1nnc(-c2ccccc2)o1. The molecular formula is C18H21N5OS2. The fourth-order valence-electron chi connectivity index (χ4n) is 3.04.